The third-order valence-corrected chi connectivity index (χ3v) is 4.00. The normalized spacial score (nSPS) is 11.6. The third-order valence-electron chi connectivity index (χ3n) is 2.89. The fourth-order valence-electron chi connectivity index (χ4n) is 1.65. The van der Waals surface area contributed by atoms with E-state index in [1.807, 2.05) is 0 Å². The molecule has 0 bridgehead atoms. The number of rotatable bonds is 5. The predicted octanol–water partition coefficient (Wildman–Crippen LogP) is 2.17. The molecule has 0 atom stereocenters. The minimum atomic E-state index is -3.29. The molecule has 0 aliphatic rings. The molecule has 1 amide bonds. The summed E-state index contributed by atoms with van der Waals surface area (Å²) in [6, 6.07) is 4.62. The van der Waals surface area contributed by atoms with Crippen LogP contribution in [-0.2, 0) is 9.84 Å². The van der Waals surface area contributed by atoms with E-state index < -0.39 is 9.84 Å². The number of carbonyl (C=O) groups excluding carboxylic acids is 1. The molecule has 19 heavy (non-hydrogen) atoms. The van der Waals surface area contributed by atoms with Gasteiger partial charge in [0.2, 0.25) is 0 Å². The SMILES string of the molecule is Cc1ccc(S(C)(=O)=O)cc1C(=O)NCCC(C)C. The van der Waals surface area contributed by atoms with Crippen LogP contribution in [0.4, 0.5) is 0 Å². The molecule has 106 valence electrons. The Bertz CT molecular complexity index is 562. The molecule has 0 saturated heterocycles. The predicted molar refractivity (Wildman–Crippen MR) is 76.1 cm³/mol. The van der Waals surface area contributed by atoms with Crippen molar-refractivity contribution in [3.05, 3.63) is 29.3 Å². The van der Waals surface area contributed by atoms with Gasteiger partial charge in [0.25, 0.3) is 5.91 Å². The van der Waals surface area contributed by atoms with E-state index in [0.29, 0.717) is 18.0 Å². The highest BCUT2D eigenvalue weighted by Gasteiger charge is 2.14. The number of hydrogen-bond donors (Lipinski definition) is 1. The second kappa shape index (κ2) is 6.19. The summed E-state index contributed by atoms with van der Waals surface area (Å²) in [5.41, 5.74) is 1.20. The van der Waals surface area contributed by atoms with Crippen molar-refractivity contribution in [3.8, 4) is 0 Å². The summed E-state index contributed by atoms with van der Waals surface area (Å²) in [7, 11) is -3.29. The molecule has 0 fully saturated rings. The molecule has 0 radical (unpaired) electrons. The second-order valence-electron chi connectivity index (χ2n) is 5.19. The Morgan fingerprint density at radius 2 is 1.95 bits per heavy atom. The van der Waals surface area contributed by atoms with E-state index in [1.54, 1.807) is 13.0 Å². The lowest BCUT2D eigenvalue weighted by molar-refractivity contribution is 0.0951. The van der Waals surface area contributed by atoms with Gasteiger partial charge in [0.1, 0.15) is 0 Å². The first-order valence-electron chi connectivity index (χ1n) is 6.30. The van der Waals surface area contributed by atoms with Crippen LogP contribution in [0.25, 0.3) is 0 Å². The first-order chi connectivity index (χ1) is 8.71. The zero-order valence-electron chi connectivity index (χ0n) is 11.9. The largest absolute Gasteiger partial charge is 0.352 e. The topological polar surface area (TPSA) is 63.2 Å². The molecule has 0 unspecified atom stereocenters. The van der Waals surface area contributed by atoms with Crippen molar-refractivity contribution < 1.29 is 13.2 Å². The lowest BCUT2D eigenvalue weighted by Gasteiger charge is -2.10. The van der Waals surface area contributed by atoms with E-state index in [0.717, 1.165) is 18.2 Å². The van der Waals surface area contributed by atoms with Crippen molar-refractivity contribution in [2.45, 2.75) is 32.1 Å². The molecule has 0 aromatic heterocycles. The van der Waals surface area contributed by atoms with Crippen LogP contribution >= 0.6 is 0 Å². The Balaban J connectivity index is 2.90. The highest BCUT2D eigenvalue weighted by Crippen LogP contribution is 2.15. The van der Waals surface area contributed by atoms with Crippen LogP contribution in [-0.4, -0.2) is 27.1 Å². The lowest BCUT2D eigenvalue weighted by Crippen LogP contribution is -2.26. The van der Waals surface area contributed by atoms with Crippen LogP contribution in [0.2, 0.25) is 0 Å². The number of amides is 1. The highest BCUT2D eigenvalue weighted by molar-refractivity contribution is 7.90. The molecule has 5 heteroatoms. The maximum atomic E-state index is 12.0. The maximum absolute atomic E-state index is 12.0. The van der Waals surface area contributed by atoms with Crippen LogP contribution in [0.3, 0.4) is 0 Å². The summed E-state index contributed by atoms with van der Waals surface area (Å²) in [6.45, 7) is 6.56. The van der Waals surface area contributed by atoms with Crippen molar-refractivity contribution in [2.75, 3.05) is 12.8 Å². The summed E-state index contributed by atoms with van der Waals surface area (Å²) < 4.78 is 23.0. The van der Waals surface area contributed by atoms with E-state index >= 15 is 0 Å². The van der Waals surface area contributed by atoms with Crippen LogP contribution in [0, 0.1) is 12.8 Å². The molecule has 1 aromatic carbocycles. The summed E-state index contributed by atoms with van der Waals surface area (Å²) in [5, 5.41) is 2.82. The quantitative estimate of drug-likeness (QED) is 0.901. The van der Waals surface area contributed by atoms with E-state index in [-0.39, 0.29) is 10.8 Å². The summed E-state index contributed by atoms with van der Waals surface area (Å²) in [5.74, 6) is 0.299. The van der Waals surface area contributed by atoms with Gasteiger partial charge in [-0.2, -0.15) is 0 Å². The molecule has 1 aromatic rings. The minimum absolute atomic E-state index is 0.173. The standard InChI is InChI=1S/C14H21NO3S/c1-10(2)7-8-15-14(16)13-9-12(19(4,17)18)6-5-11(13)3/h5-6,9-10H,7-8H2,1-4H3,(H,15,16). The Morgan fingerprint density at radius 1 is 1.32 bits per heavy atom. The first kappa shape index (κ1) is 15.7. The summed E-state index contributed by atoms with van der Waals surface area (Å²) in [4.78, 5) is 12.2. The van der Waals surface area contributed by atoms with Gasteiger partial charge in [-0.25, -0.2) is 8.42 Å². The monoisotopic (exact) mass is 283 g/mol. The minimum Gasteiger partial charge on any atom is -0.352 e. The Kier molecular flexibility index (Phi) is 5.11. The second-order valence-corrected chi connectivity index (χ2v) is 7.20. The maximum Gasteiger partial charge on any atom is 0.251 e. The van der Waals surface area contributed by atoms with Crippen LogP contribution in [0.1, 0.15) is 36.2 Å². The van der Waals surface area contributed by atoms with Gasteiger partial charge in [0.15, 0.2) is 9.84 Å². The zero-order chi connectivity index (χ0) is 14.6. The van der Waals surface area contributed by atoms with E-state index in [9.17, 15) is 13.2 Å². The van der Waals surface area contributed by atoms with Gasteiger partial charge < -0.3 is 5.32 Å². The third kappa shape index (κ3) is 4.67. The fourth-order valence-corrected chi connectivity index (χ4v) is 2.29. The van der Waals surface area contributed by atoms with Crippen molar-refractivity contribution in [1.29, 1.82) is 0 Å². The Labute approximate surface area is 115 Å². The molecule has 0 heterocycles. The number of hydrogen-bond acceptors (Lipinski definition) is 3. The number of carbonyl (C=O) groups is 1. The van der Waals surface area contributed by atoms with Crippen molar-refractivity contribution in [3.63, 3.8) is 0 Å². The average Bonchev–Trinajstić information content (AvgIpc) is 2.27. The number of nitrogens with one attached hydrogen (secondary N) is 1. The van der Waals surface area contributed by atoms with E-state index in [2.05, 4.69) is 19.2 Å². The zero-order valence-corrected chi connectivity index (χ0v) is 12.7. The number of sulfone groups is 1. The van der Waals surface area contributed by atoms with Gasteiger partial charge in [-0.05, 0) is 37.0 Å². The molecule has 1 N–H and O–H groups in total. The lowest BCUT2D eigenvalue weighted by atomic mass is 10.1. The number of aryl methyl sites for hydroxylation is 1. The smallest absolute Gasteiger partial charge is 0.251 e. The Hall–Kier alpha value is -1.36. The average molecular weight is 283 g/mol. The van der Waals surface area contributed by atoms with Gasteiger partial charge in [0.05, 0.1) is 4.90 Å². The van der Waals surface area contributed by atoms with Crippen molar-refractivity contribution >= 4 is 15.7 Å². The molecule has 0 saturated carbocycles. The first-order valence-corrected chi connectivity index (χ1v) is 8.20. The van der Waals surface area contributed by atoms with Gasteiger partial charge in [0, 0.05) is 18.4 Å². The molecule has 0 aliphatic heterocycles. The van der Waals surface area contributed by atoms with E-state index in [1.165, 1.54) is 12.1 Å². The van der Waals surface area contributed by atoms with Crippen LogP contribution in [0.15, 0.2) is 23.1 Å². The molecule has 1 rings (SSSR count). The molecular weight excluding hydrogens is 262 g/mol. The molecule has 0 spiro atoms. The van der Waals surface area contributed by atoms with Gasteiger partial charge >= 0.3 is 0 Å². The van der Waals surface area contributed by atoms with Crippen LogP contribution < -0.4 is 5.32 Å². The molecular formula is C14H21NO3S. The van der Waals surface area contributed by atoms with E-state index in [4.69, 9.17) is 0 Å². The van der Waals surface area contributed by atoms with Crippen molar-refractivity contribution in [2.24, 2.45) is 5.92 Å². The number of benzene rings is 1. The fraction of sp³-hybridized carbons (Fsp3) is 0.500. The highest BCUT2D eigenvalue weighted by atomic mass is 32.2. The van der Waals surface area contributed by atoms with Crippen LogP contribution in [0.5, 0.6) is 0 Å². The summed E-state index contributed by atoms with van der Waals surface area (Å²) >= 11 is 0. The molecule has 0 aliphatic carbocycles. The summed E-state index contributed by atoms with van der Waals surface area (Å²) in [6.07, 6.45) is 2.04. The van der Waals surface area contributed by atoms with Gasteiger partial charge in [-0.1, -0.05) is 19.9 Å². The molecule has 4 nitrogen and oxygen atoms in total. The van der Waals surface area contributed by atoms with Gasteiger partial charge in [-0.15, -0.1) is 0 Å². The Morgan fingerprint density at radius 3 is 2.47 bits per heavy atom. The van der Waals surface area contributed by atoms with Gasteiger partial charge in [-0.3, -0.25) is 4.79 Å². The van der Waals surface area contributed by atoms with Crippen molar-refractivity contribution in [1.82, 2.24) is 5.32 Å².